The van der Waals surface area contributed by atoms with Crippen molar-refractivity contribution >= 4 is 11.9 Å². The van der Waals surface area contributed by atoms with Crippen LogP contribution in [0, 0.1) is 5.92 Å². The normalized spacial score (nSPS) is 26.9. The van der Waals surface area contributed by atoms with Crippen molar-refractivity contribution < 1.29 is 39.5 Å². The number of benzene rings is 2. The Morgan fingerprint density at radius 2 is 1.73 bits per heavy atom. The van der Waals surface area contributed by atoms with Gasteiger partial charge in [-0.25, -0.2) is 4.79 Å². The topological polar surface area (TPSA) is 146 Å². The third-order valence-electron chi connectivity index (χ3n) is 6.04. The van der Waals surface area contributed by atoms with Gasteiger partial charge in [-0.05, 0) is 23.3 Å². The van der Waals surface area contributed by atoms with Crippen molar-refractivity contribution in [2.24, 2.45) is 5.92 Å². The molecule has 1 saturated heterocycles. The lowest BCUT2D eigenvalue weighted by molar-refractivity contribution is -0.309. The molecule has 3 rings (SSSR count). The van der Waals surface area contributed by atoms with Gasteiger partial charge in [0, 0.05) is 31.6 Å². The number of aliphatic carboxylic acids is 1. The smallest absolute Gasteiger partial charge is 0.364 e. The van der Waals surface area contributed by atoms with Crippen LogP contribution in [0.15, 0.2) is 54.6 Å². The van der Waals surface area contributed by atoms with Crippen LogP contribution in [0.2, 0.25) is 0 Å². The molecule has 0 spiro atoms. The van der Waals surface area contributed by atoms with Crippen molar-refractivity contribution in [3.8, 4) is 11.1 Å². The number of nitrogens with one attached hydrogen (secondary N) is 1. The number of amides is 1. The van der Waals surface area contributed by atoms with E-state index in [2.05, 4.69) is 5.32 Å². The van der Waals surface area contributed by atoms with Crippen LogP contribution in [-0.4, -0.2) is 76.2 Å². The molecule has 6 atom stereocenters. The number of rotatable bonds is 8. The molecule has 1 unspecified atom stereocenters. The molecule has 9 heteroatoms. The van der Waals surface area contributed by atoms with Crippen LogP contribution in [0.3, 0.4) is 0 Å². The van der Waals surface area contributed by atoms with Gasteiger partial charge in [0.2, 0.25) is 0 Å². The summed E-state index contributed by atoms with van der Waals surface area (Å²) in [6.07, 6.45) is -5.75. The number of ether oxygens (including phenoxy) is 2. The second-order valence-electron chi connectivity index (χ2n) is 8.19. The van der Waals surface area contributed by atoms with E-state index in [1.165, 1.54) is 0 Å². The lowest BCUT2D eigenvalue weighted by atomic mass is 9.84. The fraction of sp³-hybridized carbons (Fsp3) is 0.417. The van der Waals surface area contributed by atoms with E-state index in [0.717, 1.165) is 18.2 Å². The summed E-state index contributed by atoms with van der Waals surface area (Å²) in [5.74, 6) is -4.72. The molecule has 1 amide bonds. The molecule has 0 aliphatic carbocycles. The van der Waals surface area contributed by atoms with Gasteiger partial charge in [0.1, 0.15) is 6.10 Å². The minimum Gasteiger partial charge on any atom is -0.477 e. The maximum atomic E-state index is 12.5. The highest BCUT2D eigenvalue weighted by atomic mass is 16.7. The summed E-state index contributed by atoms with van der Waals surface area (Å²) < 4.78 is 10.5. The van der Waals surface area contributed by atoms with Crippen LogP contribution in [0.25, 0.3) is 11.1 Å². The first-order valence-corrected chi connectivity index (χ1v) is 10.6. The molecule has 0 radical (unpaired) electrons. The fourth-order valence-electron chi connectivity index (χ4n) is 3.88. The molecule has 0 bridgehead atoms. The SMILES string of the molecule is CO[C@]1(C(=O)O)C[C@@H](O)[C@@H](C)C([C@H](O)[C@H](O)CNC(=O)c2ccc(-c3ccccc3)cc2)O1. The van der Waals surface area contributed by atoms with E-state index < -0.39 is 48.0 Å². The van der Waals surface area contributed by atoms with Gasteiger partial charge < -0.3 is 35.2 Å². The average molecular weight is 459 g/mol. The second kappa shape index (κ2) is 10.4. The molecule has 1 aliphatic rings. The Hall–Kier alpha value is -2.82. The molecular formula is C24H29NO8. The van der Waals surface area contributed by atoms with Crippen molar-refractivity contribution in [3.05, 3.63) is 60.2 Å². The van der Waals surface area contributed by atoms with Gasteiger partial charge in [0.15, 0.2) is 0 Å². The van der Waals surface area contributed by atoms with Crippen molar-refractivity contribution in [2.75, 3.05) is 13.7 Å². The predicted octanol–water partition coefficient (Wildman–Crippen LogP) is 1.02. The second-order valence-corrected chi connectivity index (χ2v) is 8.19. The van der Waals surface area contributed by atoms with E-state index in [0.29, 0.717) is 5.56 Å². The molecule has 0 aromatic heterocycles. The van der Waals surface area contributed by atoms with Crippen LogP contribution in [0.4, 0.5) is 0 Å². The van der Waals surface area contributed by atoms with Gasteiger partial charge in [0.05, 0.1) is 18.3 Å². The number of carbonyl (C=O) groups is 2. The first-order valence-electron chi connectivity index (χ1n) is 10.6. The summed E-state index contributed by atoms with van der Waals surface area (Å²) in [5, 5.41) is 43.3. The minimum absolute atomic E-state index is 0.309. The van der Waals surface area contributed by atoms with E-state index in [1.807, 2.05) is 42.5 Å². The molecule has 0 saturated carbocycles. The molecule has 178 valence electrons. The zero-order valence-electron chi connectivity index (χ0n) is 18.4. The fourth-order valence-corrected chi connectivity index (χ4v) is 3.88. The summed E-state index contributed by atoms with van der Waals surface area (Å²) in [6.45, 7) is 1.26. The van der Waals surface area contributed by atoms with Crippen LogP contribution in [-0.2, 0) is 14.3 Å². The molecule has 2 aromatic rings. The summed E-state index contributed by atoms with van der Waals surface area (Å²) in [4.78, 5) is 24.1. The first kappa shape index (κ1) is 24.8. The van der Waals surface area contributed by atoms with E-state index in [-0.39, 0.29) is 13.0 Å². The van der Waals surface area contributed by atoms with Gasteiger partial charge in [-0.2, -0.15) is 0 Å². The largest absolute Gasteiger partial charge is 0.477 e. The molecule has 1 fully saturated rings. The number of aliphatic hydroxyl groups is 3. The third kappa shape index (κ3) is 5.40. The van der Waals surface area contributed by atoms with Crippen molar-refractivity contribution in [1.29, 1.82) is 0 Å². The third-order valence-corrected chi connectivity index (χ3v) is 6.04. The van der Waals surface area contributed by atoms with Crippen LogP contribution < -0.4 is 5.32 Å². The standard InChI is InChI=1S/C24H29NO8/c1-14-18(26)12-24(32-2,23(30)31)33-21(14)20(28)19(27)13-25-22(29)17-10-8-16(9-11-17)15-6-4-3-5-7-15/h3-11,14,18-21,26-28H,12-13H2,1-2H3,(H,25,29)(H,30,31)/t14-,18-,19-,20-,21?,24-/m1/s1. The number of hydrogen-bond acceptors (Lipinski definition) is 7. The summed E-state index contributed by atoms with van der Waals surface area (Å²) in [6, 6.07) is 16.6. The van der Waals surface area contributed by atoms with Crippen molar-refractivity contribution in [2.45, 2.75) is 43.5 Å². The molecule has 5 N–H and O–H groups in total. The zero-order valence-corrected chi connectivity index (χ0v) is 18.4. The number of carboxylic acids is 1. The number of carboxylic acid groups (broad SMARTS) is 1. The van der Waals surface area contributed by atoms with Crippen LogP contribution >= 0.6 is 0 Å². The number of hydrogen-bond donors (Lipinski definition) is 5. The molecule has 1 aliphatic heterocycles. The number of aliphatic hydroxyl groups excluding tert-OH is 3. The first-order chi connectivity index (χ1) is 15.7. The Bertz CT molecular complexity index is 951. The summed E-state index contributed by atoms with van der Waals surface area (Å²) in [5.41, 5.74) is 2.34. The van der Waals surface area contributed by atoms with Crippen LogP contribution in [0.1, 0.15) is 23.7 Å². The summed E-state index contributed by atoms with van der Waals surface area (Å²) >= 11 is 0. The van der Waals surface area contributed by atoms with Crippen molar-refractivity contribution in [1.82, 2.24) is 5.32 Å². The minimum atomic E-state index is -2.14. The molecule has 9 nitrogen and oxygen atoms in total. The average Bonchev–Trinajstić information content (AvgIpc) is 2.84. The Labute approximate surface area is 191 Å². The molecule has 33 heavy (non-hydrogen) atoms. The lowest BCUT2D eigenvalue weighted by Crippen LogP contribution is -2.61. The predicted molar refractivity (Wildman–Crippen MR) is 118 cm³/mol. The Morgan fingerprint density at radius 1 is 1.12 bits per heavy atom. The maximum absolute atomic E-state index is 12.5. The molecule has 1 heterocycles. The zero-order chi connectivity index (χ0) is 24.2. The van der Waals surface area contributed by atoms with Gasteiger partial charge in [-0.15, -0.1) is 0 Å². The quantitative estimate of drug-likeness (QED) is 0.393. The van der Waals surface area contributed by atoms with E-state index in [1.54, 1.807) is 19.1 Å². The Morgan fingerprint density at radius 3 is 2.30 bits per heavy atom. The number of carbonyl (C=O) groups excluding carboxylic acids is 1. The monoisotopic (exact) mass is 459 g/mol. The highest BCUT2D eigenvalue weighted by molar-refractivity contribution is 5.94. The highest BCUT2D eigenvalue weighted by Gasteiger charge is 2.53. The lowest BCUT2D eigenvalue weighted by Gasteiger charge is -2.45. The molecule has 2 aromatic carbocycles. The van der Waals surface area contributed by atoms with Gasteiger partial charge in [-0.3, -0.25) is 4.79 Å². The Balaban J connectivity index is 1.61. The van der Waals surface area contributed by atoms with Crippen molar-refractivity contribution in [3.63, 3.8) is 0 Å². The summed E-state index contributed by atoms with van der Waals surface area (Å²) in [7, 11) is 1.12. The van der Waals surface area contributed by atoms with E-state index in [9.17, 15) is 30.0 Å². The van der Waals surface area contributed by atoms with Crippen LogP contribution in [0.5, 0.6) is 0 Å². The van der Waals surface area contributed by atoms with Gasteiger partial charge in [0.25, 0.3) is 11.7 Å². The molecular weight excluding hydrogens is 430 g/mol. The Kier molecular flexibility index (Phi) is 7.83. The number of methoxy groups -OCH3 is 1. The maximum Gasteiger partial charge on any atom is 0.364 e. The van der Waals surface area contributed by atoms with E-state index in [4.69, 9.17) is 9.47 Å². The highest BCUT2D eigenvalue weighted by Crippen LogP contribution is 2.35. The van der Waals surface area contributed by atoms with E-state index >= 15 is 0 Å². The van der Waals surface area contributed by atoms with Gasteiger partial charge >= 0.3 is 5.97 Å². The van der Waals surface area contributed by atoms with Gasteiger partial charge in [-0.1, -0.05) is 49.4 Å².